The van der Waals surface area contributed by atoms with Crippen molar-refractivity contribution in [3.05, 3.63) is 94.1 Å². The summed E-state index contributed by atoms with van der Waals surface area (Å²) in [5, 5.41) is 3.55. The van der Waals surface area contributed by atoms with Crippen LogP contribution in [0, 0.1) is 5.82 Å². The molecule has 0 radical (unpaired) electrons. The van der Waals surface area contributed by atoms with Crippen LogP contribution in [0.1, 0.15) is 20.0 Å². The van der Waals surface area contributed by atoms with Crippen molar-refractivity contribution in [2.24, 2.45) is 0 Å². The summed E-state index contributed by atoms with van der Waals surface area (Å²) in [4.78, 5) is 24.9. The maximum Gasteiger partial charge on any atom is 0.338 e. The highest BCUT2D eigenvalue weighted by atomic mass is 35.5. The van der Waals surface area contributed by atoms with E-state index in [1.54, 1.807) is 24.3 Å². The lowest BCUT2D eigenvalue weighted by Gasteiger charge is -2.08. The van der Waals surface area contributed by atoms with Crippen LogP contribution in [0.3, 0.4) is 0 Å². The summed E-state index contributed by atoms with van der Waals surface area (Å²) in [6, 6.07) is 20.0. The number of halogens is 2. The summed E-state index contributed by atoms with van der Waals surface area (Å²) in [6.07, 6.45) is 0. The third kappa shape index (κ3) is 5.07. The Hall–Kier alpha value is -3.42. The molecule has 162 valence electrons. The number of hydrogen-bond donors (Lipinski definition) is 1. The molecule has 1 aromatic heterocycles. The molecule has 32 heavy (non-hydrogen) atoms. The quantitative estimate of drug-likeness (QED) is 0.263. The van der Waals surface area contributed by atoms with Crippen LogP contribution in [0.15, 0.2) is 72.8 Å². The second-order valence-corrected chi connectivity index (χ2v) is 8.15. The van der Waals surface area contributed by atoms with Crippen LogP contribution in [0.5, 0.6) is 11.5 Å². The van der Waals surface area contributed by atoms with Crippen molar-refractivity contribution in [3.8, 4) is 11.5 Å². The van der Waals surface area contributed by atoms with Crippen molar-refractivity contribution in [1.29, 1.82) is 0 Å². The largest absolute Gasteiger partial charge is 0.460 e. The van der Waals surface area contributed by atoms with E-state index in [0.717, 1.165) is 11.3 Å². The topological polar surface area (TPSA) is 64.6 Å². The zero-order chi connectivity index (χ0) is 22.5. The molecule has 0 saturated heterocycles. The predicted molar refractivity (Wildman–Crippen MR) is 122 cm³/mol. The molecule has 0 aliphatic heterocycles. The van der Waals surface area contributed by atoms with Crippen LogP contribution in [-0.2, 0) is 4.74 Å². The minimum atomic E-state index is -0.513. The average Bonchev–Trinajstić information content (AvgIpc) is 3.13. The molecular formula is C24H17ClFNO4S. The molecule has 1 N–H and O–H groups in total. The van der Waals surface area contributed by atoms with E-state index < -0.39 is 17.7 Å². The fourth-order valence-corrected chi connectivity index (χ4v) is 4.40. The average molecular weight is 470 g/mol. The summed E-state index contributed by atoms with van der Waals surface area (Å²) >= 11 is 7.35. The Morgan fingerprint density at radius 3 is 2.44 bits per heavy atom. The van der Waals surface area contributed by atoms with E-state index >= 15 is 0 Å². The number of carbonyl (C=O) groups is 2. The first kappa shape index (κ1) is 21.8. The van der Waals surface area contributed by atoms with E-state index in [-0.39, 0.29) is 23.1 Å². The van der Waals surface area contributed by atoms with E-state index in [2.05, 4.69) is 5.32 Å². The van der Waals surface area contributed by atoms with Gasteiger partial charge in [0.05, 0.1) is 17.1 Å². The summed E-state index contributed by atoms with van der Waals surface area (Å²) in [5.41, 5.74) is 0.367. The zero-order valence-corrected chi connectivity index (χ0v) is 18.2. The molecule has 5 nitrogen and oxygen atoms in total. The van der Waals surface area contributed by atoms with E-state index in [0.29, 0.717) is 27.1 Å². The van der Waals surface area contributed by atoms with Crippen molar-refractivity contribution in [1.82, 2.24) is 5.32 Å². The molecule has 0 saturated carbocycles. The van der Waals surface area contributed by atoms with Gasteiger partial charge in [-0.15, -0.1) is 11.3 Å². The molecule has 0 aliphatic rings. The number of amides is 1. The summed E-state index contributed by atoms with van der Waals surface area (Å²) in [5.74, 6) is -0.0209. The van der Waals surface area contributed by atoms with Gasteiger partial charge >= 0.3 is 5.97 Å². The Labute approximate surface area is 192 Å². The second kappa shape index (κ2) is 9.80. The molecule has 1 amide bonds. The standard InChI is InChI=1S/C24H17ClFNO4S/c25-21-19-11-8-16(26)14-20(19)32-22(21)23(28)27-12-13-30-24(29)15-6-9-18(10-7-15)31-17-4-2-1-3-5-17/h1-11,14H,12-13H2,(H,27,28). The fraction of sp³-hybridized carbons (Fsp3) is 0.0833. The molecule has 0 atom stereocenters. The zero-order valence-electron chi connectivity index (χ0n) is 16.6. The number of hydrogen-bond acceptors (Lipinski definition) is 5. The maximum absolute atomic E-state index is 13.4. The van der Waals surface area contributed by atoms with E-state index in [4.69, 9.17) is 21.1 Å². The lowest BCUT2D eigenvalue weighted by molar-refractivity contribution is 0.0503. The third-order valence-electron chi connectivity index (χ3n) is 4.49. The van der Waals surface area contributed by atoms with Crippen molar-refractivity contribution in [2.45, 2.75) is 0 Å². The van der Waals surface area contributed by atoms with Crippen LogP contribution in [0.25, 0.3) is 10.1 Å². The molecule has 3 aromatic carbocycles. The molecule has 4 rings (SSSR count). The first-order chi connectivity index (χ1) is 15.5. The number of benzene rings is 3. The van der Waals surface area contributed by atoms with Gasteiger partial charge in [-0.2, -0.15) is 0 Å². The highest BCUT2D eigenvalue weighted by Crippen LogP contribution is 2.35. The highest BCUT2D eigenvalue weighted by molar-refractivity contribution is 7.21. The lowest BCUT2D eigenvalue weighted by Crippen LogP contribution is -2.27. The van der Waals surface area contributed by atoms with E-state index in [1.807, 2.05) is 30.3 Å². The van der Waals surface area contributed by atoms with Crippen LogP contribution < -0.4 is 10.1 Å². The monoisotopic (exact) mass is 469 g/mol. The highest BCUT2D eigenvalue weighted by Gasteiger charge is 2.17. The first-order valence-electron chi connectivity index (χ1n) is 9.67. The van der Waals surface area contributed by atoms with Crippen LogP contribution in [0.4, 0.5) is 4.39 Å². The second-order valence-electron chi connectivity index (χ2n) is 6.72. The molecule has 0 aliphatic carbocycles. The van der Waals surface area contributed by atoms with E-state index in [9.17, 15) is 14.0 Å². The number of thiophene rings is 1. The third-order valence-corrected chi connectivity index (χ3v) is 6.14. The molecular weight excluding hydrogens is 453 g/mol. The van der Waals surface area contributed by atoms with Crippen molar-refractivity contribution in [2.75, 3.05) is 13.2 Å². The number of ether oxygens (including phenoxy) is 2. The molecule has 8 heteroatoms. The first-order valence-corrected chi connectivity index (χ1v) is 10.9. The van der Waals surface area contributed by atoms with Gasteiger partial charge in [0.2, 0.25) is 0 Å². The van der Waals surface area contributed by atoms with Gasteiger partial charge in [-0.3, -0.25) is 4.79 Å². The molecule has 0 fully saturated rings. The summed E-state index contributed by atoms with van der Waals surface area (Å²) in [7, 11) is 0. The van der Waals surface area contributed by atoms with Gasteiger partial charge < -0.3 is 14.8 Å². The van der Waals surface area contributed by atoms with Crippen molar-refractivity contribution < 1.29 is 23.5 Å². The van der Waals surface area contributed by atoms with Gasteiger partial charge in [0.1, 0.15) is 28.8 Å². The Morgan fingerprint density at radius 2 is 1.69 bits per heavy atom. The summed E-state index contributed by atoms with van der Waals surface area (Å²) in [6.45, 7) is 0.0999. The number of carbonyl (C=O) groups excluding carboxylic acids is 2. The smallest absolute Gasteiger partial charge is 0.338 e. The van der Waals surface area contributed by atoms with Gasteiger partial charge in [0, 0.05) is 10.1 Å². The normalized spacial score (nSPS) is 10.7. The molecule has 0 unspecified atom stereocenters. The molecule has 4 aromatic rings. The molecule has 0 spiro atoms. The van der Waals surface area contributed by atoms with Crippen LogP contribution in [0.2, 0.25) is 5.02 Å². The predicted octanol–water partition coefficient (Wildman–Crippen LogP) is 6.07. The number of fused-ring (bicyclic) bond motifs is 1. The molecule has 0 bridgehead atoms. The van der Waals surface area contributed by atoms with E-state index in [1.165, 1.54) is 18.2 Å². The van der Waals surface area contributed by atoms with Crippen LogP contribution >= 0.6 is 22.9 Å². The number of para-hydroxylation sites is 1. The Balaban J connectivity index is 1.27. The summed E-state index contributed by atoms with van der Waals surface area (Å²) < 4.78 is 24.9. The number of rotatable bonds is 7. The van der Waals surface area contributed by atoms with Crippen molar-refractivity contribution >= 4 is 44.9 Å². The van der Waals surface area contributed by atoms with Gasteiger partial charge in [-0.25, -0.2) is 9.18 Å². The Bertz CT molecular complexity index is 1260. The Kier molecular flexibility index (Phi) is 6.68. The lowest BCUT2D eigenvalue weighted by atomic mass is 10.2. The van der Waals surface area contributed by atoms with Crippen molar-refractivity contribution in [3.63, 3.8) is 0 Å². The minimum absolute atomic E-state index is 0.00994. The van der Waals surface area contributed by atoms with Gasteiger partial charge in [0.15, 0.2) is 0 Å². The Morgan fingerprint density at radius 1 is 0.969 bits per heavy atom. The fourth-order valence-electron chi connectivity index (χ4n) is 2.94. The maximum atomic E-state index is 13.4. The van der Waals surface area contributed by atoms with Gasteiger partial charge in [0.25, 0.3) is 5.91 Å². The van der Waals surface area contributed by atoms with Gasteiger partial charge in [-0.1, -0.05) is 29.8 Å². The van der Waals surface area contributed by atoms with Crippen LogP contribution in [-0.4, -0.2) is 25.0 Å². The molecule has 1 heterocycles. The SMILES string of the molecule is O=C(OCCNC(=O)c1sc2cc(F)ccc2c1Cl)c1ccc(Oc2ccccc2)cc1. The van der Waals surface area contributed by atoms with Gasteiger partial charge in [-0.05, 0) is 54.6 Å². The minimum Gasteiger partial charge on any atom is -0.460 e. The number of nitrogens with one attached hydrogen (secondary N) is 1. The number of esters is 1.